The maximum Gasteiger partial charge on any atom is 0.251 e. The lowest BCUT2D eigenvalue weighted by atomic mass is 9.77. The summed E-state index contributed by atoms with van der Waals surface area (Å²) in [5.74, 6) is 2.44. The first-order valence-electron chi connectivity index (χ1n) is 12.8. The third kappa shape index (κ3) is 3.89. The lowest BCUT2D eigenvalue weighted by Crippen LogP contribution is -2.42. The van der Waals surface area contributed by atoms with Gasteiger partial charge in [0, 0.05) is 29.4 Å². The fourth-order valence-corrected chi connectivity index (χ4v) is 5.48. The van der Waals surface area contributed by atoms with Crippen molar-refractivity contribution >= 4 is 17.5 Å². The van der Waals surface area contributed by atoms with Gasteiger partial charge in [0.1, 0.15) is 17.8 Å². The lowest BCUT2D eigenvalue weighted by Gasteiger charge is -2.23. The van der Waals surface area contributed by atoms with E-state index in [0.717, 1.165) is 35.2 Å². The molecule has 0 aromatic heterocycles. The molecule has 3 aromatic rings. The summed E-state index contributed by atoms with van der Waals surface area (Å²) >= 11 is 0. The van der Waals surface area contributed by atoms with E-state index in [-0.39, 0.29) is 25.2 Å². The van der Waals surface area contributed by atoms with E-state index in [1.165, 1.54) is 0 Å². The molecule has 2 amide bonds. The minimum absolute atomic E-state index is 0.0294. The van der Waals surface area contributed by atoms with Crippen molar-refractivity contribution in [2.24, 2.45) is 5.92 Å². The summed E-state index contributed by atoms with van der Waals surface area (Å²) in [5.41, 5.74) is 3.24. The molecule has 3 aliphatic rings. The first-order chi connectivity index (χ1) is 18.0. The molecule has 0 fully saturated rings. The van der Waals surface area contributed by atoms with Gasteiger partial charge in [-0.3, -0.25) is 9.59 Å². The number of ether oxygens (including phenoxy) is 3. The Bertz CT molecular complexity index is 1370. The number of fused-ring (bicyclic) bond motifs is 5. The van der Waals surface area contributed by atoms with Crippen LogP contribution in [0.3, 0.4) is 0 Å². The quantitative estimate of drug-likeness (QED) is 0.473. The lowest BCUT2D eigenvalue weighted by molar-refractivity contribution is -0.122. The van der Waals surface area contributed by atoms with Crippen molar-refractivity contribution in [1.29, 1.82) is 0 Å². The number of para-hydroxylation sites is 1. The molecule has 7 heteroatoms. The van der Waals surface area contributed by atoms with Gasteiger partial charge in [-0.15, -0.1) is 0 Å². The number of carbonyl (C=O) groups is 2. The van der Waals surface area contributed by atoms with Gasteiger partial charge in [0.05, 0.1) is 6.54 Å². The summed E-state index contributed by atoms with van der Waals surface area (Å²) in [4.78, 5) is 28.5. The van der Waals surface area contributed by atoms with Crippen LogP contribution in [0, 0.1) is 5.92 Å². The highest BCUT2D eigenvalue weighted by Crippen LogP contribution is 2.55. The Morgan fingerprint density at radius 3 is 2.51 bits per heavy atom. The Morgan fingerprint density at radius 1 is 0.973 bits per heavy atom. The van der Waals surface area contributed by atoms with E-state index in [9.17, 15) is 9.59 Å². The van der Waals surface area contributed by atoms with Crippen LogP contribution in [0.5, 0.6) is 17.2 Å². The molecule has 6 rings (SSSR count). The smallest absolute Gasteiger partial charge is 0.251 e. The largest absolute Gasteiger partial charge is 0.491 e. The molecule has 1 atom stereocenters. The van der Waals surface area contributed by atoms with Crippen LogP contribution in [0.25, 0.3) is 0 Å². The topological polar surface area (TPSA) is 77.1 Å². The molecule has 0 radical (unpaired) electrons. The van der Waals surface area contributed by atoms with Gasteiger partial charge in [0.25, 0.3) is 5.91 Å². The summed E-state index contributed by atoms with van der Waals surface area (Å²) < 4.78 is 17.2. The van der Waals surface area contributed by atoms with E-state index in [2.05, 4.69) is 19.2 Å². The van der Waals surface area contributed by atoms with Gasteiger partial charge in [0.2, 0.25) is 12.7 Å². The van der Waals surface area contributed by atoms with Crippen molar-refractivity contribution < 1.29 is 23.8 Å². The highest BCUT2D eigenvalue weighted by Gasteiger charge is 2.57. The Balaban J connectivity index is 1.24. The number of nitrogens with one attached hydrogen (secondary N) is 1. The fourth-order valence-electron chi connectivity index (χ4n) is 5.48. The van der Waals surface area contributed by atoms with Crippen molar-refractivity contribution in [3.63, 3.8) is 0 Å². The molecule has 1 spiro atoms. The molecule has 0 aliphatic carbocycles. The van der Waals surface area contributed by atoms with Gasteiger partial charge in [0.15, 0.2) is 11.5 Å². The second kappa shape index (κ2) is 9.14. The first kappa shape index (κ1) is 23.4. The molecule has 3 aliphatic heterocycles. The predicted molar refractivity (Wildman–Crippen MR) is 139 cm³/mol. The fraction of sp³-hybridized carbons (Fsp3) is 0.333. The Morgan fingerprint density at radius 2 is 1.73 bits per heavy atom. The molecule has 3 heterocycles. The average molecular weight is 499 g/mol. The van der Waals surface area contributed by atoms with Crippen LogP contribution in [0.2, 0.25) is 0 Å². The predicted octanol–water partition coefficient (Wildman–Crippen LogP) is 4.81. The maximum atomic E-state index is 14.1. The number of benzene rings is 3. The normalized spacial score (nSPS) is 18.8. The minimum atomic E-state index is -0.928. The molecule has 190 valence electrons. The van der Waals surface area contributed by atoms with Crippen LogP contribution in [0.15, 0.2) is 60.7 Å². The molecule has 3 aromatic carbocycles. The molecule has 0 bridgehead atoms. The van der Waals surface area contributed by atoms with Crippen LogP contribution >= 0.6 is 0 Å². The summed E-state index contributed by atoms with van der Waals surface area (Å²) in [6, 6.07) is 19.1. The molecule has 0 saturated carbocycles. The number of carbonyl (C=O) groups excluding carboxylic acids is 2. The highest BCUT2D eigenvalue weighted by atomic mass is 16.7. The van der Waals surface area contributed by atoms with Crippen molar-refractivity contribution in [2.75, 3.05) is 24.8 Å². The Hall–Kier alpha value is -4.00. The van der Waals surface area contributed by atoms with E-state index >= 15 is 0 Å². The molecule has 0 saturated heterocycles. The number of anilines is 1. The van der Waals surface area contributed by atoms with Crippen LogP contribution in [0.1, 0.15) is 53.7 Å². The molecule has 7 nitrogen and oxygen atoms in total. The van der Waals surface area contributed by atoms with Crippen molar-refractivity contribution in [3.8, 4) is 17.2 Å². The van der Waals surface area contributed by atoms with E-state index < -0.39 is 5.41 Å². The second-order valence-electron chi connectivity index (χ2n) is 10.3. The van der Waals surface area contributed by atoms with E-state index in [1.54, 1.807) is 0 Å². The van der Waals surface area contributed by atoms with Gasteiger partial charge >= 0.3 is 0 Å². The monoisotopic (exact) mass is 498 g/mol. The van der Waals surface area contributed by atoms with E-state index in [0.29, 0.717) is 41.8 Å². The van der Waals surface area contributed by atoms with Crippen LogP contribution in [-0.2, 0) is 16.8 Å². The minimum Gasteiger partial charge on any atom is -0.491 e. The summed E-state index contributed by atoms with van der Waals surface area (Å²) in [7, 11) is 0. The van der Waals surface area contributed by atoms with E-state index in [1.807, 2.05) is 65.6 Å². The zero-order chi connectivity index (χ0) is 25.6. The second-order valence-corrected chi connectivity index (χ2v) is 10.3. The van der Waals surface area contributed by atoms with Crippen molar-refractivity contribution in [3.05, 3.63) is 82.9 Å². The maximum absolute atomic E-state index is 14.1. The third-order valence-corrected chi connectivity index (χ3v) is 7.44. The SMILES string of the molecule is CC(C)CCCNC(=O)c1ccc(CN2C(=O)C3(COc4cc5c(cc43)OCO5)c3ccccc32)cc1. The summed E-state index contributed by atoms with van der Waals surface area (Å²) in [6.45, 7) is 5.82. The third-order valence-electron chi connectivity index (χ3n) is 7.44. The van der Waals surface area contributed by atoms with Gasteiger partial charge < -0.3 is 24.4 Å². The van der Waals surface area contributed by atoms with Crippen molar-refractivity contribution in [1.82, 2.24) is 5.32 Å². The Kier molecular flexibility index (Phi) is 5.78. The number of hydrogen-bond acceptors (Lipinski definition) is 5. The summed E-state index contributed by atoms with van der Waals surface area (Å²) in [5, 5.41) is 2.99. The standard InChI is InChI=1S/C30H30N2O5/c1-19(2)6-5-13-31-28(33)21-11-9-20(10-12-21)16-32-24-8-4-3-7-22(24)30(29(32)34)17-35-25-15-27-26(14-23(25)30)36-18-37-27/h3-4,7-12,14-15,19H,5-6,13,16-18H2,1-2H3,(H,31,33). The molecule has 1 unspecified atom stereocenters. The molecule has 1 N–H and O–H groups in total. The van der Waals surface area contributed by atoms with Crippen LogP contribution in [-0.4, -0.2) is 31.8 Å². The number of hydrogen-bond donors (Lipinski definition) is 1. The molecule has 37 heavy (non-hydrogen) atoms. The number of amides is 2. The van der Waals surface area contributed by atoms with Gasteiger partial charge in [-0.2, -0.15) is 0 Å². The van der Waals surface area contributed by atoms with E-state index in [4.69, 9.17) is 14.2 Å². The highest BCUT2D eigenvalue weighted by molar-refractivity contribution is 6.11. The number of rotatable bonds is 7. The zero-order valence-electron chi connectivity index (χ0n) is 21.1. The van der Waals surface area contributed by atoms with Gasteiger partial charge in [-0.25, -0.2) is 0 Å². The Labute approximate surface area is 216 Å². The summed E-state index contributed by atoms with van der Waals surface area (Å²) in [6.07, 6.45) is 2.05. The molecular weight excluding hydrogens is 468 g/mol. The molecular formula is C30H30N2O5. The van der Waals surface area contributed by atoms with Crippen molar-refractivity contribution in [2.45, 2.75) is 38.6 Å². The first-order valence-corrected chi connectivity index (χ1v) is 12.8. The van der Waals surface area contributed by atoms with Gasteiger partial charge in [-0.05, 0) is 54.2 Å². The van der Waals surface area contributed by atoms with Crippen LogP contribution in [0.4, 0.5) is 5.69 Å². The zero-order valence-corrected chi connectivity index (χ0v) is 21.1. The average Bonchev–Trinajstić information content (AvgIpc) is 3.58. The van der Waals surface area contributed by atoms with Gasteiger partial charge in [-0.1, -0.05) is 44.2 Å². The number of nitrogens with zero attached hydrogens (tertiary/aromatic N) is 1. The van der Waals surface area contributed by atoms with Crippen LogP contribution < -0.4 is 24.4 Å².